The normalized spacial score (nSPS) is 26.3. The highest BCUT2D eigenvalue weighted by atomic mass is 35.5. The van der Waals surface area contributed by atoms with Gasteiger partial charge in [0.25, 0.3) is 0 Å². The predicted octanol–water partition coefficient (Wildman–Crippen LogP) is 2.84. The molecule has 106 valence electrons. The molecule has 0 aromatic heterocycles. The van der Waals surface area contributed by atoms with E-state index < -0.39 is 0 Å². The lowest BCUT2D eigenvalue weighted by Gasteiger charge is -2.37. The second-order valence-corrected chi connectivity index (χ2v) is 5.87. The van der Waals surface area contributed by atoms with E-state index in [2.05, 4.69) is 18.7 Å². The molecule has 1 aliphatic rings. The largest absolute Gasteiger partial charge is 0.376 e. The van der Waals surface area contributed by atoms with Crippen molar-refractivity contribution in [2.45, 2.75) is 38.5 Å². The lowest BCUT2D eigenvalue weighted by molar-refractivity contribution is -0.0499. The van der Waals surface area contributed by atoms with E-state index >= 15 is 0 Å². The standard InChI is InChI=1S/C15H23ClN2O/c1-11-10-19-12(2)9-18(11)7-6-15(17)13-4-3-5-14(16)8-13/h3-5,8,11-12,15H,6-7,9-10,17H2,1-2H3. The molecule has 3 nitrogen and oxygen atoms in total. The highest BCUT2D eigenvalue weighted by Gasteiger charge is 2.23. The average Bonchev–Trinajstić information content (AvgIpc) is 2.39. The summed E-state index contributed by atoms with van der Waals surface area (Å²) >= 11 is 6.00. The number of hydrogen-bond acceptors (Lipinski definition) is 3. The molecule has 0 amide bonds. The molecule has 0 saturated carbocycles. The minimum absolute atomic E-state index is 0.0454. The van der Waals surface area contributed by atoms with Crippen LogP contribution in [-0.4, -0.2) is 36.7 Å². The van der Waals surface area contributed by atoms with Gasteiger partial charge in [-0.05, 0) is 38.0 Å². The Morgan fingerprint density at radius 1 is 1.47 bits per heavy atom. The molecule has 2 N–H and O–H groups in total. The summed E-state index contributed by atoms with van der Waals surface area (Å²) in [7, 11) is 0. The second-order valence-electron chi connectivity index (χ2n) is 5.44. The van der Waals surface area contributed by atoms with Crippen LogP contribution in [0.15, 0.2) is 24.3 Å². The Hall–Kier alpha value is -0.610. The summed E-state index contributed by atoms with van der Waals surface area (Å²) in [5.74, 6) is 0. The molecule has 0 bridgehead atoms. The first-order valence-electron chi connectivity index (χ1n) is 6.93. The summed E-state index contributed by atoms with van der Waals surface area (Å²) in [6.07, 6.45) is 1.26. The third-order valence-electron chi connectivity index (χ3n) is 3.74. The zero-order chi connectivity index (χ0) is 13.8. The molecule has 2 rings (SSSR count). The fourth-order valence-corrected chi connectivity index (χ4v) is 2.69. The fourth-order valence-electron chi connectivity index (χ4n) is 2.49. The molecule has 1 fully saturated rings. The quantitative estimate of drug-likeness (QED) is 0.923. The van der Waals surface area contributed by atoms with Gasteiger partial charge in [0.15, 0.2) is 0 Å². The highest BCUT2D eigenvalue weighted by molar-refractivity contribution is 6.30. The molecule has 4 heteroatoms. The van der Waals surface area contributed by atoms with E-state index in [1.807, 2.05) is 24.3 Å². The van der Waals surface area contributed by atoms with Gasteiger partial charge in [0.05, 0.1) is 12.7 Å². The maximum Gasteiger partial charge on any atom is 0.0674 e. The van der Waals surface area contributed by atoms with Gasteiger partial charge < -0.3 is 10.5 Å². The van der Waals surface area contributed by atoms with Crippen LogP contribution in [0.25, 0.3) is 0 Å². The summed E-state index contributed by atoms with van der Waals surface area (Å²) in [5.41, 5.74) is 7.36. The zero-order valence-corrected chi connectivity index (χ0v) is 12.4. The van der Waals surface area contributed by atoms with Crippen LogP contribution in [0.1, 0.15) is 31.9 Å². The van der Waals surface area contributed by atoms with Gasteiger partial charge >= 0.3 is 0 Å². The molecule has 1 aromatic rings. The van der Waals surface area contributed by atoms with Gasteiger partial charge in [0, 0.05) is 30.2 Å². The van der Waals surface area contributed by atoms with Gasteiger partial charge in [0.1, 0.15) is 0 Å². The number of nitrogens with zero attached hydrogens (tertiary/aromatic N) is 1. The Labute approximate surface area is 120 Å². The van der Waals surface area contributed by atoms with Gasteiger partial charge in [-0.3, -0.25) is 4.90 Å². The number of morpholine rings is 1. The first-order chi connectivity index (χ1) is 9.06. The monoisotopic (exact) mass is 282 g/mol. The summed E-state index contributed by atoms with van der Waals surface area (Å²) in [6.45, 7) is 7.13. The topological polar surface area (TPSA) is 38.5 Å². The minimum atomic E-state index is 0.0454. The molecule has 1 aromatic carbocycles. The lowest BCUT2D eigenvalue weighted by Crippen LogP contribution is -2.47. The summed E-state index contributed by atoms with van der Waals surface area (Å²) in [4.78, 5) is 2.46. The Kier molecular flexibility index (Phi) is 5.22. The third-order valence-corrected chi connectivity index (χ3v) is 3.98. The molecule has 0 aliphatic carbocycles. The number of hydrogen-bond donors (Lipinski definition) is 1. The Balaban J connectivity index is 1.87. The van der Waals surface area contributed by atoms with Crippen LogP contribution in [0.4, 0.5) is 0 Å². The van der Waals surface area contributed by atoms with Crippen molar-refractivity contribution in [3.63, 3.8) is 0 Å². The van der Waals surface area contributed by atoms with E-state index in [0.717, 1.165) is 36.7 Å². The van der Waals surface area contributed by atoms with E-state index in [4.69, 9.17) is 22.1 Å². The molecule has 3 atom stereocenters. The lowest BCUT2D eigenvalue weighted by atomic mass is 10.0. The highest BCUT2D eigenvalue weighted by Crippen LogP contribution is 2.20. The van der Waals surface area contributed by atoms with Crippen molar-refractivity contribution < 1.29 is 4.74 Å². The first-order valence-corrected chi connectivity index (χ1v) is 7.30. The van der Waals surface area contributed by atoms with Crippen LogP contribution < -0.4 is 5.73 Å². The van der Waals surface area contributed by atoms with Crippen molar-refractivity contribution >= 4 is 11.6 Å². The second kappa shape index (κ2) is 6.71. The molecule has 1 saturated heterocycles. The predicted molar refractivity (Wildman–Crippen MR) is 79.4 cm³/mol. The van der Waals surface area contributed by atoms with Gasteiger partial charge in [-0.25, -0.2) is 0 Å². The van der Waals surface area contributed by atoms with Gasteiger partial charge in [-0.15, -0.1) is 0 Å². The minimum Gasteiger partial charge on any atom is -0.376 e. The van der Waals surface area contributed by atoms with Crippen LogP contribution in [0.5, 0.6) is 0 Å². The number of ether oxygens (including phenoxy) is 1. The van der Waals surface area contributed by atoms with Crippen molar-refractivity contribution in [3.05, 3.63) is 34.9 Å². The van der Waals surface area contributed by atoms with Gasteiger partial charge in [-0.1, -0.05) is 23.7 Å². The zero-order valence-electron chi connectivity index (χ0n) is 11.7. The van der Waals surface area contributed by atoms with E-state index in [1.165, 1.54) is 0 Å². The molecule has 3 unspecified atom stereocenters. The van der Waals surface area contributed by atoms with Crippen LogP contribution in [0.3, 0.4) is 0 Å². The van der Waals surface area contributed by atoms with Crippen LogP contribution in [0.2, 0.25) is 5.02 Å². The first kappa shape index (κ1) is 14.8. The smallest absolute Gasteiger partial charge is 0.0674 e. The number of nitrogens with two attached hydrogens (primary N) is 1. The molecule has 1 aliphatic heterocycles. The summed E-state index contributed by atoms with van der Waals surface area (Å²) < 4.78 is 5.64. The van der Waals surface area contributed by atoms with Crippen LogP contribution in [-0.2, 0) is 4.74 Å². The van der Waals surface area contributed by atoms with Crippen molar-refractivity contribution in [3.8, 4) is 0 Å². The Bertz CT molecular complexity index is 413. The molecule has 1 heterocycles. The van der Waals surface area contributed by atoms with Crippen LogP contribution in [0, 0.1) is 0 Å². The van der Waals surface area contributed by atoms with E-state index in [-0.39, 0.29) is 6.04 Å². The average molecular weight is 283 g/mol. The molecular formula is C15H23ClN2O. The summed E-state index contributed by atoms with van der Waals surface area (Å²) in [6, 6.07) is 8.35. The van der Waals surface area contributed by atoms with Gasteiger partial charge in [-0.2, -0.15) is 0 Å². The van der Waals surface area contributed by atoms with Crippen molar-refractivity contribution in [1.29, 1.82) is 0 Å². The number of rotatable bonds is 4. The van der Waals surface area contributed by atoms with Crippen molar-refractivity contribution in [1.82, 2.24) is 4.90 Å². The number of halogens is 1. The third kappa shape index (κ3) is 4.18. The van der Waals surface area contributed by atoms with Crippen molar-refractivity contribution in [2.75, 3.05) is 19.7 Å². The van der Waals surface area contributed by atoms with Crippen LogP contribution >= 0.6 is 11.6 Å². The molecule has 0 radical (unpaired) electrons. The summed E-state index contributed by atoms with van der Waals surface area (Å²) in [5, 5.41) is 0.751. The van der Waals surface area contributed by atoms with E-state index in [1.54, 1.807) is 0 Å². The van der Waals surface area contributed by atoms with E-state index in [0.29, 0.717) is 12.1 Å². The Morgan fingerprint density at radius 3 is 3.00 bits per heavy atom. The molecule has 19 heavy (non-hydrogen) atoms. The SMILES string of the molecule is CC1CN(CCC(N)c2cccc(Cl)c2)C(C)CO1. The molecule has 0 spiro atoms. The van der Waals surface area contributed by atoms with Crippen molar-refractivity contribution in [2.24, 2.45) is 5.73 Å². The van der Waals surface area contributed by atoms with E-state index in [9.17, 15) is 0 Å². The fraction of sp³-hybridized carbons (Fsp3) is 0.600. The number of benzene rings is 1. The Morgan fingerprint density at radius 2 is 2.26 bits per heavy atom. The van der Waals surface area contributed by atoms with Gasteiger partial charge in [0.2, 0.25) is 0 Å². The maximum atomic E-state index is 6.24. The molecular weight excluding hydrogens is 260 g/mol. The maximum absolute atomic E-state index is 6.24.